The molecule has 148 valence electrons. The maximum atomic E-state index is 12.0. The van der Waals surface area contributed by atoms with E-state index in [9.17, 15) is 13.2 Å². The van der Waals surface area contributed by atoms with Crippen LogP contribution in [0, 0.1) is 0 Å². The Balaban J connectivity index is 0.00000625. The third-order valence-electron chi connectivity index (χ3n) is 3.36. The van der Waals surface area contributed by atoms with Crippen LogP contribution in [0.25, 0.3) is 0 Å². The van der Waals surface area contributed by atoms with Crippen LogP contribution in [-0.2, 0) is 16.3 Å². The summed E-state index contributed by atoms with van der Waals surface area (Å²) < 4.78 is 22.3. The summed E-state index contributed by atoms with van der Waals surface area (Å²) in [6, 6.07) is 7.53. The Hall–Kier alpha value is -1.36. The van der Waals surface area contributed by atoms with Crippen LogP contribution >= 0.6 is 24.0 Å². The number of nitrogens with one attached hydrogen (secondary N) is 2. The summed E-state index contributed by atoms with van der Waals surface area (Å²) in [5.74, 6) is 0.593. The van der Waals surface area contributed by atoms with Gasteiger partial charge in [-0.3, -0.25) is 9.79 Å². The van der Waals surface area contributed by atoms with Crippen molar-refractivity contribution < 1.29 is 13.2 Å². The van der Waals surface area contributed by atoms with E-state index in [2.05, 4.69) is 15.6 Å². The molecule has 7 nitrogen and oxygen atoms in total. The monoisotopic (exact) mass is 496 g/mol. The highest BCUT2D eigenvalue weighted by molar-refractivity contribution is 14.0. The van der Waals surface area contributed by atoms with Crippen LogP contribution in [0.1, 0.15) is 22.8 Å². The molecule has 1 rings (SSSR count). The normalized spacial score (nSPS) is 11.5. The molecule has 1 aromatic rings. The minimum atomic E-state index is -3.02. The quantitative estimate of drug-likeness (QED) is 0.320. The van der Waals surface area contributed by atoms with Crippen LogP contribution in [0.3, 0.4) is 0 Å². The van der Waals surface area contributed by atoms with Gasteiger partial charge in [0.1, 0.15) is 9.84 Å². The predicted octanol–water partition coefficient (Wildman–Crippen LogP) is 1.15. The van der Waals surface area contributed by atoms with Crippen molar-refractivity contribution in [3.8, 4) is 0 Å². The molecule has 0 bridgehead atoms. The highest BCUT2D eigenvalue weighted by Gasteiger charge is 2.08. The minimum absolute atomic E-state index is 0. The lowest BCUT2D eigenvalue weighted by Gasteiger charge is -2.13. The Morgan fingerprint density at radius 1 is 1.23 bits per heavy atom. The summed E-state index contributed by atoms with van der Waals surface area (Å²) in [7, 11) is 0.440. The summed E-state index contributed by atoms with van der Waals surface area (Å²) in [5.41, 5.74) is 1.71. The topological polar surface area (TPSA) is 90.9 Å². The summed E-state index contributed by atoms with van der Waals surface area (Å²) >= 11 is 0. The van der Waals surface area contributed by atoms with E-state index >= 15 is 0 Å². The summed E-state index contributed by atoms with van der Waals surface area (Å²) in [6.45, 7) is 3.49. The second-order valence-corrected chi connectivity index (χ2v) is 8.23. The number of hydrogen-bond donors (Lipinski definition) is 2. The smallest absolute Gasteiger partial charge is 0.253 e. The molecule has 1 amide bonds. The second-order valence-electron chi connectivity index (χ2n) is 5.97. The van der Waals surface area contributed by atoms with Gasteiger partial charge < -0.3 is 15.5 Å². The lowest BCUT2D eigenvalue weighted by Crippen LogP contribution is -2.38. The number of rotatable bonds is 8. The van der Waals surface area contributed by atoms with Crippen molar-refractivity contribution in [2.75, 3.05) is 45.7 Å². The molecule has 2 N–H and O–H groups in total. The molecule has 0 aliphatic heterocycles. The molecule has 0 heterocycles. The molecule has 0 aromatic heterocycles. The zero-order valence-electron chi connectivity index (χ0n) is 15.8. The highest BCUT2D eigenvalue weighted by Crippen LogP contribution is 2.07. The fourth-order valence-corrected chi connectivity index (χ4v) is 2.53. The third-order valence-corrected chi connectivity index (χ3v) is 4.29. The van der Waals surface area contributed by atoms with Gasteiger partial charge in [-0.1, -0.05) is 12.1 Å². The van der Waals surface area contributed by atoms with Gasteiger partial charge in [0.15, 0.2) is 5.96 Å². The van der Waals surface area contributed by atoms with Gasteiger partial charge in [0.05, 0.1) is 12.3 Å². The second kappa shape index (κ2) is 12.1. The maximum absolute atomic E-state index is 12.0. The molecule has 0 radical (unpaired) electrons. The van der Waals surface area contributed by atoms with E-state index in [0.29, 0.717) is 24.6 Å². The summed E-state index contributed by atoms with van der Waals surface area (Å²) in [4.78, 5) is 17.8. The number of hydrogen-bond acceptors (Lipinski definition) is 4. The fourth-order valence-electron chi connectivity index (χ4n) is 2.11. The number of sulfone groups is 1. The van der Waals surface area contributed by atoms with E-state index in [4.69, 9.17) is 0 Å². The number of carbonyl (C=O) groups excluding carboxylic acids is 1. The van der Waals surface area contributed by atoms with Gasteiger partial charge in [0.2, 0.25) is 0 Å². The molecular weight excluding hydrogens is 467 g/mol. The first-order valence-corrected chi connectivity index (χ1v) is 10.3. The van der Waals surface area contributed by atoms with Crippen LogP contribution in [0.4, 0.5) is 0 Å². The highest BCUT2D eigenvalue weighted by atomic mass is 127. The largest absolute Gasteiger partial charge is 0.357 e. The van der Waals surface area contributed by atoms with Gasteiger partial charge in [0.25, 0.3) is 5.91 Å². The Labute approximate surface area is 173 Å². The lowest BCUT2D eigenvalue weighted by atomic mass is 10.1. The Bertz CT molecular complexity index is 706. The van der Waals surface area contributed by atoms with Gasteiger partial charge in [-0.05, 0) is 31.0 Å². The molecule has 1 aromatic carbocycles. The molecule has 0 fully saturated rings. The van der Waals surface area contributed by atoms with Gasteiger partial charge in [-0.2, -0.15) is 0 Å². The number of amides is 1. The van der Waals surface area contributed by atoms with Gasteiger partial charge >= 0.3 is 0 Å². The molecule has 0 spiro atoms. The van der Waals surface area contributed by atoms with Crippen molar-refractivity contribution in [1.29, 1.82) is 0 Å². The molecule has 0 atom stereocenters. The molecule has 0 unspecified atom stereocenters. The van der Waals surface area contributed by atoms with E-state index in [0.717, 1.165) is 12.0 Å². The number of halogens is 1. The lowest BCUT2D eigenvalue weighted by molar-refractivity contribution is 0.0827. The standard InChI is InChI=1S/C17H28N4O3S.HI/c1-5-18-17(20-11-12-25(4,23)24)19-10-9-14-7-6-8-15(13-14)16(22)21(2)3;/h6-8,13H,5,9-12H2,1-4H3,(H2,18,19,20);1H. The van der Waals surface area contributed by atoms with Crippen molar-refractivity contribution in [3.63, 3.8) is 0 Å². The molecule has 9 heteroatoms. The van der Waals surface area contributed by atoms with E-state index in [1.165, 1.54) is 6.26 Å². The first kappa shape index (κ1) is 24.6. The Morgan fingerprint density at radius 3 is 2.50 bits per heavy atom. The van der Waals surface area contributed by atoms with Gasteiger partial charge in [-0.15, -0.1) is 24.0 Å². The summed E-state index contributed by atoms with van der Waals surface area (Å²) in [5, 5.41) is 6.26. The number of aliphatic imine (C=N–C) groups is 1. The van der Waals surface area contributed by atoms with E-state index < -0.39 is 9.84 Å². The van der Waals surface area contributed by atoms with Crippen molar-refractivity contribution >= 4 is 45.7 Å². The SMILES string of the molecule is CCNC(=NCCS(C)(=O)=O)NCCc1cccc(C(=O)N(C)C)c1.I. The summed E-state index contributed by atoms with van der Waals surface area (Å²) in [6.07, 6.45) is 1.93. The fraction of sp³-hybridized carbons (Fsp3) is 0.529. The van der Waals surface area contributed by atoms with Crippen LogP contribution in [0.5, 0.6) is 0 Å². The van der Waals surface area contributed by atoms with E-state index in [1.807, 2.05) is 25.1 Å². The first-order valence-electron chi connectivity index (χ1n) is 8.23. The van der Waals surface area contributed by atoms with Crippen LogP contribution in [-0.4, -0.2) is 70.9 Å². The van der Waals surface area contributed by atoms with E-state index in [1.54, 1.807) is 25.1 Å². The Morgan fingerprint density at radius 2 is 1.92 bits per heavy atom. The molecule has 0 aliphatic rings. The average Bonchev–Trinajstić information content (AvgIpc) is 2.53. The first-order chi connectivity index (χ1) is 11.7. The molecular formula is C17H29IN4O3S. The Kier molecular flexibility index (Phi) is 11.5. The van der Waals surface area contributed by atoms with Crippen molar-refractivity contribution in [2.24, 2.45) is 4.99 Å². The molecule has 26 heavy (non-hydrogen) atoms. The van der Waals surface area contributed by atoms with Crippen molar-refractivity contribution in [1.82, 2.24) is 15.5 Å². The van der Waals surface area contributed by atoms with E-state index in [-0.39, 0.29) is 42.2 Å². The van der Waals surface area contributed by atoms with Gasteiger partial charge in [0, 0.05) is 39.0 Å². The number of guanidine groups is 1. The third kappa shape index (κ3) is 9.95. The average molecular weight is 496 g/mol. The van der Waals surface area contributed by atoms with Gasteiger partial charge in [-0.25, -0.2) is 8.42 Å². The molecule has 0 aliphatic carbocycles. The van der Waals surface area contributed by atoms with Crippen molar-refractivity contribution in [3.05, 3.63) is 35.4 Å². The maximum Gasteiger partial charge on any atom is 0.253 e. The number of nitrogens with zero attached hydrogens (tertiary/aromatic N) is 2. The zero-order valence-corrected chi connectivity index (χ0v) is 18.9. The van der Waals surface area contributed by atoms with Crippen LogP contribution in [0.15, 0.2) is 29.3 Å². The number of carbonyl (C=O) groups is 1. The zero-order chi connectivity index (χ0) is 18.9. The minimum Gasteiger partial charge on any atom is -0.357 e. The number of benzene rings is 1. The van der Waals surface area contributed by atoms with Crippen LogP contribution in [0.2, 0.25) is 0 Å². The van der Waals surface area contributed by atoms with Crippen molar-refractivity contribution in [2.45, 2.75) is 13.3 Å². The predicted molar refractivity (Wildman–Crippen MR) is 117 cm³/mol. The molecule has 0 saturated heterocycles. The molecule has 0 saturated carbocycles. The van der Waals surface area contributed by atoms with Crippen LogP contribution < -0.4 is 10.6 Å².